The van der Waals surface area contributed by atoms with E-state index in [2.05, 4.69) is 15.3 Å². The van der Waals surface area contributed by atoms with Gasteiger partial charge in [-0.2, -0.15) is 26.3 Å². The van der Waals surface area contributed by atoms with Crippen molar-refractivity contribution in [3.8, 4) is 0 Å². The van der Waals surface area contributed by atoms with Crippen molar-refractivity contribution >= 4 is 33.2 Å². The van der Waals surface area contributed by atoms with Crippen LogP contribution in [0.1, 0.15) is 45.2 Å². The van der Waals surface area contributed by atoms with Crippen molar-refractivity contribution in [1.82, 2.24) is 14.7 Å². The number of carbonyl (C=O) groups excluding carboxylic acids is 1. The highest BCUT2D eigenvalue weighted by atomic mass is 32.2. The van der Waals surface area contributed by atoms with Gasteiger partial charge in [-0.3, -0.25) is 9.35 Å². The molecule has 0 radical (unpaired) electrons. The summed E-state index contributed by atoms with van der Waals surface area (Å²) in [5, 5.41) is 15.0. The lowest BCUT2D eigenvalue weighted by molar-refractivity contribution is -0.153. The standard InChI is InChI=1S/C21H21F3N4O6S2/c22-21(23,24)18-2-1-14(34-18)3-11-4-17(35-9-11)19(30)15-8-25-10-26-20(15)28-13-5-12(16(29)6-13)7-27-36(31,32)33/h1-2,4,8-10,12-13,16,27,29H,3,5-7H2,(H,25,26,28)(H,31,32,33)/t12-,13-,16+/m1/s1. The van der Waals surface area contributed by atoms with Crippen LogP contribution in [0.4, 0.5) is 19.0 Å². The van der Waals surface area contributed by atoms with Crippen LogP contribution in [0.3, 0.4) is 0 Å². The van der Waals surface area contributed by atoms with Gasteiger partial charge in [-0.05, 0) is 42.0 Å². The van der Waals surface area contributed by atoms with Crippen LogP contribution < -0.4 is 10.0 Å². The number of anilines is 1. The van der Waals surface area contributed by atoms with Gasteiger partial charge in [0.15, 0.2) is 0 Å². The van der Waals surface area contributed by atoms with Crippen LogP contribution in [0.25, 0.3) is 0 Å². The fourth-order valence-electron chi connectivity index (χ4n) is 4.00. The Hall–Kier alpha value is -2.85. The molecular formula is C21H21F3N4O6S2. The Morgan fingerprint density at radius 1 is 1.28 bits per heavy atom. The van der Waals surface area contributed by atoms with Crippen LogP contribution in [-0.4, -0.2) is 52.5 Å². The Labute approximate surface area is 207 Å². The summed E-state index contributed by atoms with van der Waals surface area (Å²) in [5.41, 5.74) is 0.767. The molecule has 36 heavy (non-hydrogen) atoms. The zero-order chi connectivity index (χ0) is 26.1. The van der Waals surface area contributed by atoms with Crippen molar-refractivity contribution in [2.45, 2.75) is 37.6 Å². The minimum absolute atomic E-state index is 0.0786. The number of nitrogens with one attached hydrogen (secondary N) is 2. The smallest absolute Gasteiger partial charge is 0.449 e. The van der Waals surface area contributed by atoms with E-state index in [9.17, 15) is 31.5 Å². The van der Waals surface area contributed by atoms with Gasteiger partial charge in [0.05, 0.1) is 16.5 Å². The lowest BCUT2D eigenvalue weighted by Gasteiger charge is -2.15. The second-order valence-electron chi connectivity index (χ2n) is 8.34. The number of ketones is 1. The molecule has 0 unspecified atom stereocenters. The molecule has 10 nitrogen and oxygen atoms in total. The zero-order valence-corrected chi connectivity index (χ0v) is 20.0. The normalized spacial score (nSPS) is 20.5. The average molecular weight is 547 g/mol. The molecule has 0 spiro atoms. The molecule has 0 saturated heterocycles. The van der Waals surface area contributed by atoms with Crippen LogP contribution in [-0.2, 0) is 22.9 Å². The SMILES string of the molecule is O=C(c1cc(Cc2ccc(C(F)(F)F)o2)cs1)c1cncnc1N[C@@H]1C[C@H](CNS(=O)(=O)O)[C@@H](O)C1. The molecule has 194 valence electrons. The molecule has 15 heteroatoms. The second kappa shape index (κ2) is 10.3. The van der Waals surface area contributed by atoms with Crippen molar-refractivity contribution < 1.29 is 40.5 Å². The molecule has 4 rings (SSSR count). The lowest BCUT2D eigenvalue weighted by atomic mass is 10.1. The Balaban J connectivity index is 1.43. The summed E-state index contributed by atoms with van der Waals surface area (Å²) in [6, 6.07) is 3.34. The largest absolute Gasteiger partial charge is 0.456 e. The van der Waals surface area contributed by atoms with E-state index in [-0.39, 0.29) is 42.6 Å². The van der Waals surface area contributed by atoms with Crippen molar-refractivity contribution in [2.75, 3.05) is 11.9 Å². The third-order valence-corrected chi connectivity index (χ3v) is 7.19. The molecule has 0 bridgehead atoms. The predicted octanol–water partition coefficient (Wildman–Crippen LogP) is 2.92. The second-order valence-corrected chi connectivity index (χ2v) is 10.5. The third-order valence-electron chi connectivity index (χ3n) is 5.68. The van der Waals surface area contributed by atoms with Gasteiger partial charge >= 0.3 is 16.5 Å². The minimum atomic E-state index is -4.58. The number of hydrogen-bond acceptors (Lipinski definition) is 9. The highest BCUT2D eigenvalue weighted by molar-refractivity contribution is 7.83. The van der Waals surface area contributed by atoms with E-state index in [1.165, 1.54) is 18.6 Å². The number of nitrogens with zero attached hydrogens (tertiary/aromatic N) is 2. The highest BCUT2D eigenvalue weighted by Gasteiger charge is 2.35. The molecule has 1 aliphatic rings. The first-order chi connectivity index (χ1) is 16.9. The van der Waals surface area contributed by atoms with Gasteiger partial charge in [0.25, 0.3) is 0 Å². The van der Waals surface area contributed by atoms with Crippen molar-refractivity contribution in [3.63, 3.8) is 0 Å². The fraction of sp³-hybridized carbons (Fsp3) is 0.381. The molecule has 0 amide bonds. The summed E-state index contributed by atoms with van der Waals surface area (Å²) in [4.78, 5) is 21.5. The van der Waals surface area contributed by atoms with Crippen molar-refractivity contribution in [2.24, 2.45) is 5.92 Å². The van der Waals surface area contributed by atoms with E-state index in [0.717, 1.165) is 17.4 Å². The van der Waals surface area contributed by atoms with Gasteiger partial charge in [-0.1, -0.05) is 0 Å². The van der Waals surface area contributed by atoms with Crippen LogP contribution in [0.5, 0.6) is 0 Å². The number of furan rings is 1. The van der Waals surface area contributed by atoms with E-state index < -0.39 is 40.0 Å². The molecule has 3 aromatic heterocycles. The zero-order valence-electron chi connectivity index (χ0n) is 18.4. The summed E-state index contributed by atoms with van der Waals surface area (Å²) >= 11 is 1.12. The molecule has 0 aromatic carbocycles. The number of aromatic nitrogens is 2. The molecule has 3 heterocycles. The van der Waals surface area contributed by atoms with Crippen LogP contribution in [0.15, 0.2) is 40.5 Å². The number of halogens is 3. The fourth-order valence-corrected chi connectivity index (χ4v) is 5.29. The molecule has 3 atom stereocenters. The third kappa shape index (κ3) is 6.47. The number of thiophene rings is 1. The molecular weight excluding hydrogens is 525 g/mol. The molecule has 4 N–H and O–H groups in total. The van der Waals surface area contributed by atoms with Gasteiger partial charge in [0.1, 0.15) is 17.9 Å². The van der Waals surface area contributed by atoms with Crippen LogP contribution >= 0.6 is 11.3 Å². The lowest BCUT2D eigenvalue weighted by Crippen LogP contribution is -2.32. The van der Waals surface area contributed by atoms with Gasteiger partial charge < -0.3 is 14.8 Å². The Morgan fingerprint density at radius 2 is 2.06 bits per heavy atom. The number of rotatable bonds is 9. The summed E-state index contributed by atoms with van der Waals surface area (Å²) in [5.74, 6) is -1.60. The van der Waals surface area contributed by atoms with Crippen LogP contribution in [0.2, 0.25) is 0 Å². The Bertz CT molecular complexity index is 1340. The first kappa shape index (κ1) is 26.2. The van der Waals surface area contributed by atoms with Gasteiger partial charge in [0, 0.05) is 31.1 Å². The van der Waals surface area contributed by atoms with E-state index >= 15 is 0 Å². The monoisotopic (exact) mass is 546 g/mol. The first-order valence-corrected chi connectivity index (χ1v) is 13.0. The number of alkyl halides is 3. The highest BCUT2D eigenvalue weighted by Crippen LogP contribution is 2.32. The summed E-state index contributed by atoms with van der Waals surface area (Å²) in [6.07, 6.45) is -2.13. The van der Waals surface area contributed by atoms with Gasteiger partial charge in [-0.25, -0.2) is 9.97 Å². The van der Waals surface area contributed by atoms with E-state index in [1.807, 2.05) is 4.72 Å². The molecule has 3 aromatic rings. The van der Waals surface area contributed by atoms with Crippen molar-refractivity contribution in [1.29, 1.82) is 0 Å². The summed E-state index contributed by atoms with van der Waals surface area (Å²) in [6.45, 7) is -0.147. The van der Waals surface area contributed by atoms with Crippen molar-refractivity contribution in [3.05, 3.63) is 63.6 Å². The van der Waals surface area contributed by atoms with E-state index in [0.29, 0.717) is 16.9 Å². The first-order valence-electron chi connectivity index (χ1n) is 10.6. The summed E-state index contributed by atoms with van der Waals surface area (Å²) in [7, 11) is -4.38. The molecule has 1 aliphatic carbocycles. The Kier molecular flexibility index (Phi) is 7.47. The number of aliphatic hydroxyl groups excluding tert-OH is 1. The molecule has 1 saturated carbocycles. The van der Waals surface area contributed by atoms with Gasteiger partial charge in [-0.15, -0.1) is 11.3 Å². The molecule has 0 aliphatic heterocycles. The number of carbonyl (C=O) groups is 1. The molecule has 1 fully saturated rings. The number of aliphatic hydroxyl groups is 1. The maximum atomic E-state index is 13.1. The minimum Gasteiger partial charge on any atom is -0.456 e. The number of hydrogen-bond donors (Lipinski definition) is 4. The van der Waals surface area contributed by atoms with Crippen LogP contribution in [0, 0.1) is 5.92 Å². The Morgan fingerprint density at radius 3 is 2.75 bits per heavy atom. The van der Waals surface area contributed by atoms with Gasteiger partial charge in [0.2, 0.25) is 11.5 Å². The van der Waals surface area contributed by atoms with E-state index in [1.54, 1.807) is 11.4 Å². The topological polar surface area (TPSA) is 155 Å². The van der Waals surface area contributed by atoms with E-state index in [4.69, 9.17) is 8.97 Å². The maximum absolute atomic E-state index is 13.1. The average Bonchev–Trinajstić information content (AvgIpc) is 3.52. The quantitative estimate of drug-likeness (QED) is 0.234. The maximum Gasteiger partial charge on any atom is 0.449 e. The summed E-state index contributed by atoms with van der Waals surface area (Å²) < 4.78 is 75.7. The predicted molar refractivity (Wildman–Crippen MR) is 122 cm³/mol.